The highest BCUT2D eigenvalue weighted by atomic mass is 35.5. The Morgan fingerprint density at radius 2 is 1.96 bits per heavy atom. The van der Waals surface area contributed by atoms with Crippen molar-refractivity contribution < 1.29 is 4.79 Å². The third kappa shape index (κ3) is 4.54. The summed E-state index contributed by atoms with van der Waals surface area (Å²) < 4.78 is 1.91. The standard InChI is InChI=1S/C22H25ClN4O/c23-20-6-4-5-17(13-20)16-27-21-14-18(7-8-19(21)15-25-27)22(28)24-9-12-26-10-2-1-3-11-26/h4-8,13-15H,1-3,9-12,16H2,(H,24,28). The molecule has 0 radical (unpaired) electrons. The lowest BCUT2D eigenvalue weighted by molar-refractivity contribution is 0.0946. The van der Waals surface area contributed by atoms with Gasteiger partial charge in [-0.3, -0.25) is 9.48 Å². The lowest BCUT2D eigenvalue weighted by Gasteiger charge is -2.26. The molecule has 0 aliphatic carbocycles. The van der Waals surface area contributed by atoms with Crippen LogP contribution in [0.3, 0.4) is 0 Å². The number of rotatable bonds is 6. The third-order valence-corrected chi connectivity index (χ3v) is 5.53. The summed E-state index contributed by atoms with van der Waals surface area (Å²) in [5.74, 6) is -0.0329. The molecule has 0 bridgehead atoms. The summed E-state index contributed by atoms with van der Waals surface area (Å²) in [6.45, 7) is 4.50. The Bertz CT molecular complexity index is 962. The van der Waals surface area contributed by atoms with Crippen molar-refractivity contribution in [1.29, 1.82) is 0 Å². The molecule has 1 amide bonds. The van der Waals surface area contributed by atoms with Crippen LogP contribution in [0.1, 0.15) is 35.2 Å². The summed E-state index contributed by atoms with van der Waals surface area (Å²) in [7, 11) is 0. The summed E-state index contributed by atoms with van der Waals surface area (Å²) in [5, 5.41) is 9.26. The number of piperidine rings is 1. The minimum absolute atomic E-state index is 0.0329. The Morgan fingerprint density at radius 3 is 2.79 bits per heavy atom. The van der Waals surface area contributed by atoms with Gasteiger partial charge in [-0.15, -0.1) is 0 Å². The van der Waals surface area contributed by atoms with Crippen molar-refractivity contribution in [3.8, 4) is 0 Å². The van der Waals surface area contributed by atoms with Crippen LogP contribution in [0.2, 0.25) is 5.02 Å². The van der Waals surface area contributed by atoms with Crippen molar-refractivity contribution in [2.45, 2.75) is 25.8 Å². The Labute approximate surface area is 170 Å². The molecule has 1 fully saturated rings. The molecule has 0 spiro atoms. The highest BCUT2D eigenvalue weighted by molar-refractivity contribution is 6.30. The van der Waals surface area contributed by atoms with Gasteiger partial charge < -0.3 is 10.2 Å². The van der Waals surface area contributed by atoms with Crippen molar-refractivity contribution in [2.24, 2.45) is 0 Å². The summed E-state index contributed by atoms with van der Waals surface area (Å²) in [6.07, 6.45) is 5.69. The lowest BCUT2D eigenvalue weighted by Crippen LogP contribution is -2.37. The van der Waals surface area contributed by atoms with Crippen LogP contribution in [-0.4, -0.2) is 46.8 Å². The molecule has 2 aromatic carbocycles. The van der Waals surface area contributed by atoms with Crippen LogP contribution >= 0.6 is 11.6 Å². The number of nitrogens with zero attached hydrogens (tertiary/aromatic N) is 3. The molecule has 1 aromatic heterocycles. The molecule has 1 aliphatic heterocycles. The smallest absolute Gasteiger partial charge is 0.251 e. The van der Waals surface area contributed by atoms with Gasteiger partial charge in [0.15, 0.2) is 0 Å². The van der Waals surface area contributed by atoms with E-state index in [4.69, 9.17) is 11.6 Å². The van der Waals surface area contributed by atoms with E-state index in [2.05, 4.69) is 15.3 Å². The quantitative estimate of drug-likeness (QED) is 0.686. The largest absolute Gasteiger partial charge is 0.351 e. The van der Waals surface area contributed by atoms with Gasteiger partial charge in [0, 0.05) is 29.1 Å². The fourth-order valence-electron chi connectivity index (χ4n) is 3.76. The predicted molar refractivity (Wildman–Crippen MR) is 113 cm³/mol. The van der Waals surface area contributed by atoms with E-state index in [9.17, 15) is 4.79 Å². The SMILES string of the molecule is O=C(NCCN1CCCCC1)c1ccc2cnn(Cc3cccc(Cl)c3)c2c1. The highest BCUT2D eigenvalue weighted by Gasteiger charge is 2.12. The molecule has 3 aromatic rings. The fraction of sp³-hybridized carbons (Fsp3) is 0.364. The average Bonchev–Trinajstić information content (AvgIpc) is 3.11. The first-order chi connectivity index (χ1) is 13.7. The monoisotopic (exact) mass is 396 g/mol. The van der Waals surface area contributed by atoms with Gasteiger partial charge >= 0.3 is 0 Å². The van der Waals surface area contributed by atoms with Crippen molar-refractivity contribution >= 4 is 28.4 Å². The molecule has 0 unspecified atom stereocenters. The van der Waals surface area contributed by atoms with Crippen LogP contribution in [0.15, 0.2) is 48.7 Å². The van der Waals surface area contributed by atoms with E-state index in [-0.39, 0.29) is 5.91 Å². The summed E-state index contributed by atoms with van der Waals surface area (Å²) in [5.41, 5.74) is 2.69. The van der Waals surface area contributed by atoms with Gasteiger partial charge in [0.1, 0.15) is 0 Å². The van der Waals surface area contributed by atoms with Crippen LogP contribution in [0.4, 0.5) is 0 Å². The zero-order valence-corrected chi connectivity index (χ0v) is 16.7. The second-order valence-corrected chi connectivity index (χ2v) is 7.80. The second kappa shape index (κ2) is 8.76. The summed E-state index contributed by atoms with van der Waals surface area (Å²) >= 11 is 6.09. The molecule has 146 valence electrons. The number of aromatic nitrogens is 2. The van der Waals surface area contributed by atoms with Gasteiger partial charge in [-0.05, 0) is 55.8 Å². The number of likely N-dealkylation sites (tertiary alicyclic amines) is 1. The van der Waals surface area contributed by atoms with Gasteiger partial charge in [0.2, 0.25) is 0 Å². The number of halogens is 1. The lowest BCUT2D eigenvalue weighted by atomic mass is 10.1. The molecule has 28 heavy (non-hydrogen) atoms. The topological polar surface area (TPSA) is 50.2 Å². The van der Waals surface area contributed by atoms with Gasteiger partial charge in [-0.25, -0.2) is 0 Å². The van der Waals surface area contributed by atoms with E-state index < -0.39 is 0 Å². The molecule has 0 saturated carbocycles. The first-order valence-corrected chi connectivity index (χ1v) is 10.3. The van der Waals surface area contributed by atoms with Crippen LogP contribution in [0, 0.1) is 0 Å². The number of hydrogen-bond acceptors (Lipinski definition) is 3. The minimum atomic E-state index is -0.0329. The van der Waals surface area contributed by atoms with Crippen LogP contribution in [-0.2, 0) is 6.54 Å². The summed E-state index contributed by atoms with van der Waals surface area (Å²) in [4.78, 5) is 15.0. The maximum Gasteiger partial charge on any atom is 0.251 e. The van der Waals surface area contributed by atoms with E-state index in [0.29, 0.717) is 23.7 Å². The molecule has 5 nitrogen and oxygen atoms in total. The number of carbonyl (C=O) groups excluding carboxylic acids is 1. The van der Waals surface area contributed by atoms with Crippen molar-refractivity contribution in [3.63, 3.8) is 0 Å². The maximum absolute atomic E-state index is 12.6. The van der Waals surface area contributed by atoms with E-state index in [1.165, 1.54) is 19.3 Å². The van der Waals surface area contributed by atoms with E-state index in [1.807, 2.05) is 53.3 Å². The zero-order valence-electron chi connectivity index (χ0n) is 15.9. The normalized spacial score (nSPS) is 15.0. The van der Waals surface area contributed by atoms with Gasteiger partial charge in [0.05, 0.1) is 18.3 Å². The van der Waals surface area contributed by atoms with Crippen LogP contribution in [0.5, 0.6) is 0 Å². The molecule has 2 heterocycles. The Balaban J connectivity index is 1.43. The zero-order chi connectivity index (χ0) is 19.3. The molecule has 0 atom stereocenters. The number of hydrogen-bond donors (Lipinski definition) is 1. The molecular weight excluding hydrogens is 372 g/mol. The number of nitrogens with one attached hydrogen (secondary N) is 1. The second-order valence-electron chi connectivity index (χ2n) is 7.36. The number of benzene rings is 2. The molecular formula is C22H25ClN4O. The van der Waals surface area contributed by atoms with Crippen molar-refractivity contribution in [3.05, 3.63) is 64.8 Å². The predicted octanol–water partition coefficient (Wildman–Crippen LogP) is 3.95. The number of amides is 1. The van der Waals surface area contributed by atoms with E-state index in [1.54, 1.807) is 0 Å². The van der Waals surface area contributed by atoms with Gasteiger partial charge in [-0.1, -0.05) is 36.2 Å². The fourth-order valence-corrected chi connectivity index (χ4v) is 3.97. The first-order valence-electron chi connectivity index (χ1n) is 9.90. The van der Waals surface area contributed by atoms with Crippen LogP contribution < -0.4 is 5.32 Å². The van der Waals surface area contributed by atoms with E-state index in [0.717, 1.165) is 36.1 Å². The summed E-state index contributed by atoms with van der Waals surface area (Å²) in [6, 6.07) is 13.5. The Kier molecular flexibility index (Phi) is 5.93. The molecule has 6 heteroatoms. The Hall–Kier alpha value is -2.37. The minimum Gasteiger partial charge on any atom is -0.351 e. The third-order valence-electron chi connectivity index (χ3n) is 5.29. The van der Waals surface area contributed by atoms with Gasteiger partial charge in [-0.2, -0.15) is 5.10 Å². The highest BCUT2D eigenvalue weighted by Crippen LogP contribution is 2.19. The number of carbonyl (C=O) groups is 1. The average molecular weight is 397 g/mol. The molecule has 4 rings (SSSR count). The molecule has 1 aliphatic rings. The maximum atomic E-state index is 12.6. The molecule has 1 saturated heterocycles. The van der Waals surface area contributed by atoms with Gasteiger partial charge in [0.25, 0.3) is 5.91 Å². The van der Waals surface area contributed by atoms with E-state index >= 15 is 0 Å². The number of fused-ring (bicyclic) bond motifs is 1. The van der Waals surface area contributed by atoms with Crippen molar-refractivity contribution in [2.75, 3.05) is 26.2 Å². The van der Waals surface area contributed by atoms with Crippen molar-refractivity contribution in [1.82, 2.24) is 20.0 Å². The Morgan fingerprint density at radius 1 is 1.11 bits per heavy atom. The first kappa shape index (κ1) is 19.0. The molecule has 1 N–H and O–H groups in total. The van der Waals surface area contributed by atoms with Crippen LogP contribution in [0.25, 0.3) is 10.9 Å².